The number of rotatable bonds is 5. The lowest BCUT2D eigenvalue weighted by Crippen LogP contribution is -2.54. The second kappa shape index (κ2) is 9.53. The highest BCUT2D eigenvalue weighted by Crippen LogP contribution is 2.37. The highest BCUT2D eigenvalue weighted by Gasteiger charge is 2.44. The Hall–Kier alpha value is -3.54. The van der Waals surface area contributed by atoms with Crippen LogP contribution in [0, 0.1) is 11.2 Å². The van der Waals surface area contributed by atoms with E-state index in [2.05, 4.69) is 4.98 Å². The van der Waals surface area contributed by atoms with E-state index in [9.17, 15) is 14.0 Å². The van der Waals surface area contributed by atoms with Gasteiger partial charge in [0, 0.05) is 33.4 Å². The molecule has 1 aliphatic heterocycles. The molecule has 1 saturated heterocycles. The summed E-state index contributed by atoms with van der Waals surface area (Å²) in [5, 5.41) is 0. The number of amides is 2. The highest BCUT2D eigenvalue weighted by atomic mass is 19.1. The molecular formula is C27H28FN3O2. The molecule has 2 amide bonds. The van der Waals surface area contributed by atoms with E-state index < -0.39 is 5.41 Å². The van der Waals surface area contributed by atoms with Crippen LogP contribution in [0.4, 0.5) is 4.39 Å². The van der Waals surface area contributed by atoms with Gasteiger partial charge in [-0.3, -0.25) is 14.6 Å². The Kier molecular flexibility index (Phi) is 6.54. The number of nitrogens with zero attached hydrogens (tertiary/aromatic N) is 3. The van der Waals surface area contributed by atoms with E-state index in [1.807, 2.05) is 30.3 Å². The molecule has 3 aromatic rings. The Morgan fingerprint density at radius 3 is 2.48 bits per heavy atom. The fourth-order valence-corrected chi connectivity index (χ4v) is 4.74. The number of halogens is 1. The lowest BCUT2D eigenvalue weighted by Gasteiger charge is -2.43. The molecule has 1 fully saturated rings. The van der Waals surface area contributed by atoms with Gasteiger partial charge < -0.3 is 9.80 Å². The number of piperidine rings is 1. The van der Waals surface area contributed by atoms with Crippen molar-refractivity contribution in [1.82, 2.24) is 14.8 Å². The van der Waals surface area contributed by atoms with Crippen molar-refractivity contribution in [2.45, 2.75) is 19.3 Å². The molecule has 6 heteroatoms. The van der Waals surface area contributed by atoms with Gasteiger partial charge in [0.1, 0.15) is 11.5 Å². The molecule has 1 atom stereocenters. The number of benzene rings is 2. The summed E-state index contributed by atoms with van der Waals surface area (Å²) >= 11 is 0. The number of carbonyl (C=O) groups excluding carboxylic acids is 2. The third-order valence-electron chi connectivity index (χ3n) is 6.24. The molecule has 0 unspecified atom stereocenters. The third-order valence-corrected chi connectivity index (χ3v) is 6.24. The first-order chi connectivity index (χ1) is 15.9. The minimum atomic E-state index is -0.729. The summed E-state index contributed by atoms with van der Waals surface area (Å²) in [7, 11) is 3.51. The van der Waals surface area contributed by atoms with Crippen molar-refractivity contribution in [3.05, 3.63) is 90.0 Å². The minimum absolute atomic E-state index is 0.0113. The Bertz CT molecular complexity index is 1150. The van der Waals surface area contributed by atoms with Gasteiger partial charge in [-0.2, -0.15) is 0 Å². The predicted molar refractivity (Wildman–Crippen MR) is 126 cm³/mol. The molecular weight excluding hydrogens is 417 g/mol. The molecule has 1 aliphatic rings. The summed E-state index contributed by atoms with van der Waals surface area (Å²) in [6, 6.07) is 19.6. The van der Waals surface area contributed by atoms with E-state index in [0.29, 0.717) is 31.6 Å². The monoisotopic (exact) mass is 445 g/mol. The lowest BCUT2D eigenvalue weighted by molar-refractivity contribution is -0.142. The SMILES string of the molecule is CN(C)C(=O)[C@]1(Cc2cccc(-c3cccc(F)c3)c2)CCCN(C(=O)c2ccccn2)C1. The fraction of sp³-hybridized carbons (Fsp3) is 0.296. The quantitative estimate of drug-likeness (QED) is 0.583. The first kappa shape index (κ1) is 22.6. The number of hydrogen-bond donors (Lipinski definition) is 0. The van der Waals surface area contributed by atoms with Gasteiger partial charge in [-0.15, -0.1) is 0 Å². The standard InChI is InChI=1S/C27H28FN3O2/c1-30(2)26(33)27(13-7-15-31(19-27)25(32)24-12-3-4-14-29-24)18-20-8-5-9-21(16-20)22-10-6-11-23(28)17-22/h3-6,8-12,14,16-17H,7,13,15,18-19H2,1-2H3/t27-/m0/s1. The number of pyridine rings is 1. The van der Waals surface area contributed by atoms with Crippen molar-refractivity contribution in [2.24, 2.45) is 5.41 Å². The molecule has 0 radical (unpaired) electrons. The number of aromatic nitrogens is 1. The Balaban J connectivity index is 1.65. The predicted octanol–water partition coefficient (Wildman–Crippen LogP) is 4.44. The molecule has 0 bridgehead atoms. The van der Waals surface area contributed by atoms with Crippen LogP contribution in [-0.2, 0) is 11.2 Å². The van der Waals surface area contributed by atoms with Gasteiger partial charge in [-0.1, -0.05) is 42.5 Å². The van der Waals surface area contributed by atoms with Crippen LogP contribution in [0.5, 0.6) is 0 Å². The van der Waals surface area contributed by atoms with Gasteiger partial charge in [0.2, 0.25) is 5.91 Å². The van der Waals surface area contributed by atoms with Crippen LogP contribution >= 0.6 is 0 Å². The molecule has 1 aromatic heterocycles. The van der Waals surface area contributed by atoms with E-state index in [-0.39, 0.29) is 17.6 Å². The number of hydrogen-bond acceptors (Lipinski definition) is 3. The maximum atomic E-state index is 13.7. The molecule has 0 N–H and O–H groups in total. The molecule has 170 valence electrons. The van der Waals surface area contributed by atoms with Gasteiger partial charge >= 0.3 is 0 Å². The van der Waals surface area contributed by atoms with E-state index >= 15 is 0 Å². The zero-order chi connectivity index (χ0) is 23.4. The van der Waals surface area contributed by atoms with Crippen molar-refractivity contribution < 1.29 is 14.0 Å². The van der Waals surface area contributed by atoms with Crippen molar-refractivity contribution in [3.8, 4) is 11.1 Å². The van der Waals surface area contributed by atoms with E-state index in [1.165, 1.54) is 12.1 Å². The lowest BCUT2D eigenvalue weighted by atomic mass is 9.73. The second-order valence-electron chi connectivity index (χ2n) is 8.91. The number of likely N-dealkylation sites (tertiary alicyclic amines) is 1. The third kappa shape index (κ3) is 4.95. The largest absolute Gasteiger partial charge is 0.348 e. The summed E-state index contributed by atoms with van der Waals surface area (Å²) in [5.74, 6) is -0.426. The minimum Gasteiger partial charge on any atom is -0.348 e. The molecule has 5 nitrogen and oxygen atoms in total. The molecule has 2 aromatic carbocycles. The topological polar surface area (TPSA) is 53.5 Å². The molecule has 0 saturated carbocycles. The van der Waals surface area contributed by atoms with Crippen LogP contribution in [-0.4, -0.2) is 53.8 Å². The van der Waals surface area contributed by atoms with Gasteiger partial charge in [-0.05, 0) is 60.2 Å². The molecule has 0 spiro atoms. The zero-order valence-electron chi connectivity index (χ0n) is 19.0. The highest BCUT2D eigenvalue weighted by molar-refractivity contribution is 5.93. The average Bonchev–Trinajstić information content (AvgIpc) is 2.84. The van der Waals surface area contributed by atoms with Crippen LogP contribution < -0.4 is 0 Å². The summed E-state index contributed by atoms with van der Waals surface area (Å²) in [6.07, 6.45) is 3.54. The van der Waals surface area contributed by atoms with E-state index in [1.54, 1.807) is 54.4 Å². The van der Waals surface area contributed by atoms with Crippen molar-refractivity contribution in [2.75, 3.05) is 27.2 Å². The van der Waals surface area contributed by atoms with E-state index in [4.69, 9.17) is 0 Å². The average molecular weight is 446 g/mol. The Morgan fingerprint density at radius 2 is 1.79 bits per heavy atom. The number of carbonyl (C=O) groups is 2. The first-order valence-corrected chi connectivity index (χ1v) is 11.1. The second-order valence-corrected chi connectivity index (χ2v) is 8.91. The van der Waals surface area contributed by atoms with Crippen LogP contribution in [0.2, 0.25) is 0 Å². The van der Waals surface area contributed by atoms with Crippen molar-refractivity contribution in [1.29, 1.82) is 0 Å². The normalized spacial score (nSPS) is 18.1. The summed E-state index contributed by atoms with van der Waals surface area (Å²) < 4.78 is 13.7. The molecule has 2 heterocycles. The maximum Gasteiger partial charge on any atom is 0.272 e. The Morgan fingerprint density at radius 1 is 1.03 bits per heavy atom. The fourth-order valence-electron chi connectivity index (χ4n) is 4.74. The smallest absolute Gasteiger partial charge is 0.272 e. The van der Waals surface area contributed by atoms with Gasteiger partial charge in [0.05, 0.1) is 5.41 Å². The molecule has 33 heavy (non-hydrogen) atoms. The zero-order valence-corrected chi connectivity index (χ0v) is 19.0. The maximum absolute atomic E-state index is 13.7. The summed E-state index contributed by atoms with van der Waals surface area (Å²) in [6.45, 7) is 0.935. The summed E-state index contributed by atoms with van der Waals surface area (Å²) in [4.78, 5) is 34.1. The van der Waals surface area contributed by atoms with Gasteiger partial charge in [0.15, 0.2) is 0 Å². The molecule has 4 rings (SSSR count). The van der Waals surface area contributed by atoms with Gasteiger partial charge in [0.25, 0.3) is 5.91 Å². The van der Waals surface area contributed by atoms with Crippen molar-refractivity contribution in [3.63, 3.8) is 0 Å². The summed E-state index contributed by atoms with van der Waals surface area (Å²) in [5.41, 5.74) is 2.34. The first-order valence-electron chi connectivity index (χ1n) is 11.1. The van der Waals surface area contributed by atoms with Gasteiger partial charge in [-0.25, -0.2) is 4.39 Å². The van der Waals surface area contributed by atoms with Crippen LogP contribution in [0.15, 0.2) is 72.9 Å². The van der Waals surface area contributed by atoms with E-state index in [0.717, 1.165) is 23.1 Å². The van der Waals surface area contributed by atoms with Crippen LogP contribution in [0.1, 0.15) is 28.9 Å². The van der Waals surface area contributed by atoms with Crippen molar-refractivity contribution >= 4 is 11.8 Å². The Labute approximate surface area is 193 Å². The van der Waals surface area contributed by atoms with Crippen LogP contribution in [0.25, 0.3) is 11.1 Å². The van der Waals surface area contributed by atoms with Crippen LogP contribution in [0.3, 0.4) is 0 Å². The molecule has 0 aliphatic carbocycles.